The van der Waals surface area contributed by atoms with Gasteiger partial charge in [0.25, 0.3) is 0 Å². The molecule has 0 spiro atoms. The number of carbonyl (C=O) groups is 1. The molecule has 27 heavy (non-hydrogen) atoms. The molecule has 0 saturated carbocycles. The predicted molar refractivity (Wildman–Crippen MR) is 105 cm³/mol. The van der Waals surface area contributed by atoms with Crippen molar-refractivity contribution in [2.45, 2.75) is 18.7 Å². The third kappa shape index (κ3) is 5.41. The minimum atomic E-state index is -3.61. The van der Waals surface area contributed by atoms with Crippen molar-refractivity contribution in [2.75, 3.05) is 30.3 Å². The smallest absolute Gasteiger partial charge is 0.243 e. The molecule has 0 atom stereocenters. The van der Waals surface area contributed by atoms with Gasteiger partial charge in [0.05, 0.1) is 16.5 Å². The lowest BCUT2D eigenvalue weighted by atomic mass is 10.3. The maximum Gasteiger partial charge on any atom is 0.243 e. The summed E-state index contributed by atoms with van der Waals surface area (Å²) in [5.41, 5.74) is 0.863. The Balaban J connectivity index is 2.05. The SMILES string of the molecule is CCN(CC)S(=O)(=O)c1cccc(NC(=O)CNc2ccc(F)c(Cl)c2)c1. The molecule has 0 fully saturated rings. The topological polar surface area (TPSA) is 78.5 Å². The Morgan fingerprint density at radius 1 is 1.11 bits per heavy atom. The fraction of sp³-hybridized carbons (Fsp3) is 0.278. The number of nitrogens with one attached hydrogen (secondary N) is 2. The van der Waals surface area contributed by atoms with Gasteiger partial charge >= 0.3 is 0 Å². The third-order valence-corrected chi connectivity index (χ3v) is 6.17. The highest BCUT2D eigenvalue weighted by molar-refractivity contribution is 7.89. The van der Waals surface area contributed by atoms with Crippen LogP contribution >= 0.6 is 11.6 Å². The molecule has 0 heterocycles. The quantitative estimate of drug-likeness (QED) is 0.693. The van der Waals surface area contributed by atoms with Crippen LogP contribution in [0, 0.1) is 5.82 Å². The Labute approximate surface area is 163 Å². The minimum absolute atomic E-state index is 0.0466. The van der Waals surface area contributed by atoms with Crippen molar-refractivity contribution in [2.24, 2.45) is 0 Å². The summed E-state index contributed by atoms with van der Waals surface area (Å²) in [6.07, 6.45) is 0. The van der Waals surface area contributed by atoms with Crippen molar-refractivity contribution in [1.29, 1.82) is 0 Å². The number of sulfonamides is 1. The average Bonchev–Trinajstić information content (AvgIpc) is 2.64. The maximum absolute atomic E-state index is 13.1. The number of amides is 1. The van der Waals surface area contributed by atoms with E-state index in [0.29, 0.717) is 24.5 Å². The van der Waals surface area contributed by atoms with Crippen LogP contribution in [0.1, 0.15) is 13.8 Å². The molecule has 0 aliphatic carbocycles. The summed E-state index contributed by atoms with van der Waals surface area (Å²) in [7, 11) is -3.61. The second-order valence-corrected chi connectivity index (χ2v) is 7.99. The van der Waals surface area contributed by atoms with E-state index in [2.05, 4.69) is 10.6 Å². The zero-order valence-corrected chi connectivity index (χ0v) is 16.6. The van der Waals surface area contributed by atoms with E-state index in [-0.39, 0.29) is 22.4 Å². The first kappa shape index (κ1) is 21.1. The molecule has 0 unspecified atom stereocenters. The van der Waals surface area contributed by atoms with Gasteiger partial charge < -0.3 is 10.6 Å². The largest absolute Gasteiger partial charge is 0.376 e. The van der Waals surface area contributed by atoms with E-state index in [1.54, 1.807) is 26.0 Å². The first-order valence-electron chi connectivity index (χ1n) is 8.37. The molecule has 0 saturated heterocycles. The molecule has 146 valence electrons. The van der Waals surface area contributed by atoms with E-state index in [1.165, 1.54) is 34.6 Å². The van der Waals surface area contributed by atoms with E-state index in [0.717, 1.165) is 0 Å². The minimum Gasteiger partial charge on any atom is -0.376 e. The summed E-state index contributed by atoms with van der Waals surface area (Å²) in [6, 6.07) is 10.1. The number of carbonyl (C=O) groups excluding carboxylic acids is 1. The van der Waals surface area contributed by atoms with Gasteiger partial charge in [0.15, 0.2) is 0 Å². The maximum atomic E-state index is 13.1. The van der Waals surface area contributed by atoms with Crippen LogP contribution in [0.5, 0.6) is 0 Å². The van der Waals surface area contributed by atoms with Crippen LogP contribution in [0.15, 0.2) is 47.4 Å². The lowest BCUT2D eigenvalue weighted by molar-refractivity contribution is -0.114. The number of benzene rings is 2. The van der Waals surface area contributed by atoms with Crippen molar-refractivity contribution >= 4 is 38.9 Å². The number of nitrogens with zero attached hydrogens (tertiary/aromatic N) is 1. The number of halogens is 2. The van der Waals surface area contributed by atoms with Crippen LogP contribution in [-0.2, 0) is 14.8 Å². The van der Waals surface area contributed by atoms with Gasteiger partial charge in [-0.1, -0.05) is 31.5 Å². The van der Waals surface area contributed by atoms with Crippen LogP contribution < -0.4 is 10.6 Å². The van der Waals surface area contributed by atoms with Gasteiger partial charge in [0.2, 0.25) is 15.9 Å². The lowest BCUT2D eigenvalue weighted by Gasteiger charge is -2.19. The van der Waals surface area contributed by atoms with Crippen LogP contribution in [0.4, 0.5) is 15.8 Å². The molecule has 6 nitrogen and oxygen atoms in total. The number of anilines is 2. The van der Waals surface area contributed by atoms with Crippen molar-refractivity contribution in [3.63, 3.8) is 0 Å². The molecule has 2 rings (SSSR count). The van der Waals surface area contributed by atoms with Gasteiger partial charge in [-0.05, 0) is 36.4 Å². The van der Waals surface area contributed by atoms with Crippen molar-refractivity contribution in [1.82, 2.24) is 4.31 Å². The molecule has 9 heteroatoms. The van der Waals surface area contributed by atoms with E-state index in [9.17, 15) is 17.6 Å². The molecule has 0 bridgehead atoms. The molecule has 2 N–H and O–H groups in total. The molecule has 0 radical (unpaired) electrons. The van der Waals surface area contributed by atoms with Gasteiger partial charge in [-0.2, -0.15) is 4.31 Å². The molecule has 2 aromatic carbocycles. The standard InChI is InChI=1S/C18H21ClFN3O3S/c1-3-23(4-2)27(25,26)15-7-5-6-14(10-15)22-18(24)12-21-13-8-9-17(20)16(19)11-13/h5-11,21H,3-4,12H2,1-2H3,(H,22,24). The van der Waals surface area contributed by atoms with Crippen LogP contribution in [0.3, 0.4) is 0 Å². The molecular weight excluding hydrogens is 393 g/mol. The molecular formula is C18H21ClFN3O3S. The Morgan fingerprint density at radius 3 is 2.44 bits per heavy atom. The monoisotopic (exact) mass is 413 g/mol. The first-order valence-corrected chi connectivity index (χ1v) is 10.2. The number of rotatable bonds is 8. The second-order valence-electron chi connectivity index (χ2n) is 5.65. The normalized spacial score (nSPS) is 11.4. The molecule has 0 aliphatic heterocycles. The van der Waals surface area contributed by atoms with E-state index < -0.39 is 15.8 Å². The van der Waals surface area contributed by atoms with Gasteiger partial charge in [-0.25, -0.2) is 12.8 Å². The molecule has 1 amide bonds. The highest BCUT2D eigenvalue weighted by Crippen LogP contribution is 2.20. The first-order chi connectivity index (χ1) is 12.8. The fourth-order valence-corrected chi connectivity index (χ4v) is 4.13. The Bertz CT molecular complexity index is 918. The van der Waals surface area contributed by atoms with Crippen LogP contribution in [-0.4, -0.2) is 38.3 Å². The van der Waals surface area contributed by atoms with Gasteiger partial charge in [0, 0.05) is 24.5 Å². The summed E-state index contributed by atoms with van der Waals surface area (Å²) in [6.45, 7) is 4.16. The third-order valence-electron chi connectivity index (χ3n) is 3.83. The average molecular weight is 414 g/mol. The highest BCUT2D eigenvalue weighted by Gasteiger charge is 2.21. The Hall–Kier alpha value is -2.16. The van der Waals surface area contributed by atoms with Gasteiger partial charge in [-0.15, -0.1) is 0 Å². The van der Waals surface area contributed by atoms with Gasteiger partial charge in [0.1, 0.15) is 5.82 Å². The number of hydrogen-bond acceptors (Lipinski definition) is 4. The summed E-state index contributed by atoms with van der Waals surface area (Å²) in [5.74, 6) is -0.925. The van der Waals surface area contributed by atoms with E-state index in [4.69, 9.17) is 11.6 Å². The predicted octanol–water partition coefficient (Wildman–Crippen LogP) is 3.56. The summed E-state index contributed by atoms with van der Waals surface area (Å²) in [5, 5.41) is 5.41. The summed E-state index contributed by atoms with van der Waals surface area (Å²) in [4.78, 5) is 12.2. The van der Waals surface area contributed by atoms with Crippen molar-refractivity contribution in [3.05, 3.63) is 53.3 Å². The zero-order valence-electron chi connectivity index (χ0n) is 15.0. The summed E-state index contributed by atoms with van der Waals surface area (Å²) >= 11 is 5.69. The van der Waals surface area contributed by atoms with Crippen LogP contribution in [0.25, 0.3) is 0 Å². The van der Waals surface area contributed by atoms with Crippen LogP contribution in [0.2, 0.25) is 5.02 Å². The van der Waals surface area contributed by atoms with E-state index in [1.807, 2.05) is 0 Å². The summed E-state index contributed by atoms with van der Waals surface area (Å²) < 4.78 is 39.6. The lowest BCUT2D eigenvalue weighted by Crippen LogP contribution is -2.30. The van der Waals surface area contributed by atoms with Crippen molar-refractivity contribution < 1.29 is 17.6 Å². The second kappa shape index (κ2) is 9.16. The Morgan fingerprint density at radius 2 is 1.81 bits per heavy atom. The Kier molecular flexibility index (Phi) is 7.18. The molecule has 2 aromatic rings. The molecule has 0 aliphatic rings. The number of hydrogen-bond donors (Lipinski definition) is 2. The highest BCUT2D eigenvalue weighted by atomic mass is 35.5. The zero-order chi connectivity index (χ0) is 20.0. The van der Waals surface area contributed by atoms with Gasteiger partial charge in [-0.3, -0.25) is 4.79 Å². The van der Waals surface area contributed by atoms with Crippen molar-refractivity contribution in [3.8, 4) is 0 Å². The molecule has 0 aromatic heterocycles. The fourth-order valence-electron chi connectivity index (χ4n) is 2.44. The van der Waals surface area contributed by atoms with E-state index >= 15 is 0 Å².